The number of aromatic nitrogens is 1. The van der Waals surface area contributed by atoms with Gasteiger partial charge in [-0.05, 0) is 49.2 Å². The molecule has 0 amide bonds. The molecule has 0 aliphatic rings. The zero-order valence-corrected chi connectivity index (χ0v) is 11.9. The predicted molar refractivity (Wildman–Crippen MR) is 75.6 cm³/mol. The van der Waals surface area contributed by atoms with Crippen LogP contribution in [0, 0.1) is 25.5 Å². The second-order valence-corrected chi connectivity index (χ2v) is 4.85. The number of benzene rings is 1. The first-order valence-electron chi connectivity index (χ1n) is 6.64. The lowest BCUT2D eigenvalue weighted by Crippen LogP contribution is -2.24. The number of nitrogens with one attached hydrogen (secondary N) is 1. The van der Waals surface area contributed by atoms with E-state index in [1.165, 1.54) is 0 Å². The maximum atomic E-state index is 14.1. The van der Waals surface area contributed by atoms with Gasteiger partial charge in [0.05, 0.1) is 6.04 Å². The van der Waals surface area contributed by atoms with Crippen molar-refractivity contribution in [2.45, 2.75) is 26.8 Å². The first kappa shape index (κ1) is 14.6. The van der Waals surface area contributed by atoms with Crippen LogP contribution in [0.4, 0.5) is 8.78 Å². The Morgan fingerprint density at radius 2 is 1.85 bits per heavy atom. The molecule has 20 heavy (non-hydrogen) atoms. The lowest BCUT2D eigenvalue weighted by Gasteiger charge is -2.21. The highest BCUT2D eigenvalue weighted by molar-refractivity contribution is 5.37. The number of aryl methyl sites for hydroxylation is 2. The van der Waals surface area contributed by atoms with Crippen molar-refractivity contribution in [1.82, 2.24) is 10.3 Å². The molecule has 2 nitrogen and oxygen atoms in total. The van der Waals surface area contributed by atoms with Gasteiger partial charge in [-0.15, -0.1) is 0 Å². The SMILES string of the molecule is CCNC(c1cnccc1C)c1cc(C)c(F)cc1F. The van der Waals surface area contributed by atoms with Gasteiger partial charge in [0.2, 0.25) is 0 Å². The molecular weight excluding hydrogens is 258 g/mol. The third-order valence-corrected chi connectivity index (χ3v) is 3.39. The molecule has 0 spiro atoms. The Hall–Kier alpha value is -1.81. The lowest BCUT2D eigenvalue weighted by molar-refractivity contribution is 0.536. The summed E-state index contributed by atoms with van der Waals surface area (Å²) in [6.07, 6.45) is 3.43. The van der Waals surface area contributed by atoms with E-state index >= 15 is 0 Å². The maximum absolute atomic E-state index is 14.1. The number of rotatable bonds is 4. The standard InChI is InChI=1S/C16H18F2N2/c1-4-20-16(13-9-19-6-5-10(13)2)12-7-11(3)14(17)8-15(12)18/h5-9,16,20H,4H2,1-3H3. The van der Waals surface area contributed by atoms with Crippen molar-refractivity contribution in [1.29, 1.82) is 0 Å². The van der Waals surface area contributed by atoms with Crippen LogP contribution in [0.1, 0.15) is 35.2 Å². The third-order valence-electron chi connectivity index (χ3n) is 3.39. The van der Waals surface area contributed by atoms with Gasteiger partial charge in [0.1, 0.15) is 11.6 Å². The van der Waals surface area contributed by atoms with E-state index in [-0.39, 0.29) is 6.04 Å². The zero-order chi connectivity index (χ0) is 14.7. The summed E-state index contributed by atoms with van der Waals surface area (Å²) in [6, 6.07) is 4.06. The van der Waals surface area contributed by atoms with Gasteiger partial charge < -0.3 is 5.32 Å². The van der Waals surface area contributed by atoms with E-state index in [0.29, 0.717) is 17.7 Å². The van der Waals surface area contributed by atoms with Gasteiger partial charge in [0.25, 0.3) is 0 Å². The smallest absolute Gasteiger partial charge is 0.131 e. The number of nitrogens with zero attached hydrogens (tertiary/aromatic N) is 1. The van der Waals surface area contributed by atoms with Crippen molar-refractivity contribution in [3.8, 4) is 0 Å². The quantitative estimate of drug-likeness (QED) is 0.921. The average Bonchev–Trinajstić information content (AvgIpc) is 2.42. The summed E-state index contributed by atoms with van der Waals surface area (Å²) in [5.41, 5.74) is 2.80. The van der Waals surface area contributed by atoms with E-state index in [1.807, 2.05) is 19.9 Å². The Morgan fingerprint density at radius 3 is 2.50 bits per heavy atom. The van der Waals surface area contributed by atoms with Gasteiger partial charge in [0, 0.05) is 24.0 Å². The molecule has 0 aliphatic carbocycles. The Labute approximate surface area is 117 Å². The minimum Gasteiger partial charge on any atom is -0.306 e. The van der Waals surface area contributed by atoms with Gasteiger partial charge in [0.15, 0.2) is 0 Å². The maximum Gasteiger partial charge on any atom is 0.131 e. The van der Waals surface area contributed by atoms with Gasteiger partial charge >= 0.3 is 0 Å². The topological polar surface area (TPSA) is 24.9 Å². The molecular formula is C16H18F2N2. The first-order chi connectivity index (χ1) is 9.54. The molecule has 2 aromatic rings. The molecule has 1 N–H and O–H groups in total. The van der Waals surface area contributed by atoms with E-state index in [1.54, 1.807) is 25.4 Å². The second kappa shape index (κ2) is 6.09. The van der Waals surface area contributed by atoms with Crippen molar-refractivity contribution in [2.75, 3.05) is 6.54 Å². The second-order valence-electron chi connectivity index (χ2n) is 4.85. The van der Waals surface area contributed by atoms with E-state index in [0.717, 1.165) is 17.2 Å². The molecule has 0 saturated carbocycles. The molecule has 4 heteroatoms. The molecule has 1 unspecified atom stereocenters. The van der Waals surface area contributed by atoms with Crippen molar-refractivity contribution in [2.24, 2.45) is 0 Å². The molecule has 1 heterocycles. The Bertz CT molecular complexity index is 611. The van der Waals surface area contributed by atoms with Crippen molar-refractivity contribution >= 4 is 0 Å². The molecule has 0 fully saturated rings. The average molecular weight is 276 g/mol. The fraction of sp³-hybridized carbons (Fsp3) is 0.312. The molecule has 2 rings (SSSR count). The summed E-state index contributed by atoms with van der Waals surface area (Å²) < 4.78 is 27.5. The zero-order valence-electron chi connectivity index (χ0n) is 11.9. The van der Waals surface area contributed by atoms with Crippen LogP contribution in [0.5, 0.6) is 0 Å². The van der Waals surface area contributed by atoms with Crippen molar-refractivity contribution in [3.63, 3.8) is 0 Å². The van der Waals surface area contributed by atoms with Crippen LogP contribution in [0.15, 0.2) is 30.6 Å². The molecule has 0 saturated heterocycles. The Morgan fingerprint density at radius 1 is 1.10 bits per heavy atom. The van der Waals surface area contributed by atoms with Gasteiger partial charge in [-0.1, -0.05) is 6.92 Å². The van der Waals surface area contributed by atoms with Crippen molar-refractivity contribution in [3.05, 3.63) is 64.5 Å². The minimum absolute atomic E-state index is 0.326. The van der Waals surface area contributed by atoms with Crippen LogP contribution in [0.2, 0.25) is 0 Å². The van der Waals surface area contributed by atoms with Crippen LogP contribution in [0.25, 0.3) is 0 Å². The largest absolute Gasteiger partial charge is 0.306 e. The van der Waals surface area contributed by atoms with E-state index in [4.69, 9.17) is 0 Å². The fourth-order valence-electron chi connectivity index (χ4n) is 2.27. The van der Waals surface area contributed by atoms with Crippen LogP contribution in [-0.4, -0.2) is 11.5 Å². The summed E-state index contributed by atoms with van der Waals surface area (Å²) in [6.45, 7) is 6.22. The molecule has 0 radical (unpaired) electrons. The van der Waals surface area contributed by atoms with Gasteiger partial charge in [-0.2, -0.15) is 0 Å². The van der Waals surface area contributed by atoms with Gasteiger partial charge in [-0.3, -0.25) is 4.98 Å². The van der Waals surface area contributed by atoms with Crippen LogP contribution >= 0.6 is 0 Å². The summed E-state index contributed by atoms with van der Waals surface area (Å²) >= 11 is 0. The molecule has 0 bridgehead atoms. The molecule has 0 aliphatic heterocycles. The summed E-state index contributed by atoms with van der Waals surface area (Å²) in [4.78, 5) is 4.11. The lowest BCUT2D eigenvalue weighted by atomic mass is 9.95. The third kappa shape index (κ3) is 2.85. The normalized spacial score (nSPS) is 12.4. The minimum atomic E-state index is -0.540. The Kier molecular flexibility index (Phi) is 4.45. The highest BCUT2D eigenvalue weighted by atomic mass is 19.1. The summed E-state index contributed by atoms with van der Waals surface area (Å²) in [7, 11) is 0. The molecule has 1 atom stereocenters. The highest BCUT2D eigenvalue weighted by Crippen LogP contribution is 2.28. The number of pyridine rings is 1. The number of halogens is 2. The molecule has 106 valence electrons. The van der Waals surface area contributed by atoms with E-state index in [9.17, 15) is 8.78 Å². The monoisotopic (exact) mass is 276 g/mol. The Balaban J connectivity index is 2.54. The summed E-state index contributed by atoms with van der Waals surface area (Å²) in [5, 5.41) is 3.24. The van der Waals surface area contributed by atoms with Crippen LogP contribution < -0.4 is 5.32 Å². The molecule has 1 aromatic carbocycles. The van der Waals surface area contributed by atoms with E-state index < -0.39 is 11.6 Å². The number of hydrogen-bond donors (Lipinski definition) is 1. The van der Waals surface area contributed by atoms with Crippen molar-refractivity contribution < 1.29 is 8.78 Å². The molecule has 1 aromatic heterocycles. The van der Waals surface area contributed by atoms with E-state index in [2.05, 4.69) is 10.3 Å². The first-order valence-corrected chi connectivity index (χ1v) is 6.64. The highest BCUT2D eigenvalue weighted by Gasteiger charge is 2.20. The summed E-state index contributed by atoms with van der Waals surface area (Å²) in [5.74, 6) is -1.06. The fourth-order valence-corrected chi connectivity index (χ4v) is 2.27. The van der Waals surface area contributed by atoms with Crippen LogP contribution in [0.3, 0.4) is 0 Å². The predicted octanol–water partition coefficient (Wildman–Crippen LogP) is 3.68. The van der Waals surface area contributed by atoms with Crippen LogP contribution in [-0.2, 0) is 0 Å². The van der Waals surface area contributed by atoms with Gasteiger partial charge in [-0.25, -0.2) is 8.78 Å². The number of hydrogen-bond acceptors (Lipinski definition) is 2.